The number of hydrogen-bond acceptors (Lipinski definition) is 10. The Labute approximate surface area is 225 Å². The first-order valence-electron chi connectivity index (χ1n) is 12.4. The number of hydrogen-bond donors (Lipinski definition) is 3. The lowest BCUT2D eigenvalue weighted by Gasteiger charge is -2.26. The average molecular weight is 559 g/mol. The molecule has 3 heterocycles. The summed E-state index contributed by atoms with van der Waals surface area (Å²) >= 11 is 1.41. The Bertz CT molecular complexity index is 1460. The van der Waals surface area contributed by atoms with Crippen molar-refractivity contribution in [3.63, 3.8) is 0 Å². The summed E-state index contributed by atoms with van der Waals surface area (Å²) in [5.74, 6) is -0.269. The fraction of sp³-hybridized carbons (Fsp3) is 0.423. The molecular formula is C26H30N4O6S2. The maximum atomic E-state index is 13.6. The molecule has 1 saturated carbocycles. The second kappa shape index (κ2) is 10.8. The molecule has 0 amide bonds. The van der Waals surface area contributed by atoms with Gasteiger partial charge in [0.05, 0.1) is 29.8 Å². The number of aryl methyl sites for hydroxylation is 2. The fourth-order valence-electron chi connectivity index (χ4n) is 5.21. The van der Waals surface area contributed by atoms with Gasteiger partial charge in [-0.25, -0.2) is 15.1 Å². The summed E-state index contributed by atoms with van der Waals surface area (Å²) in [7, 11) is -4.09. The van der Waals surface area contributed by atoms with Crippen LogP contribution in [0.25, 0.3) is 0 Å². The molecule has 202 valence electrons. The molecule has 3 aromatic rings. The highest BCUT2D eigenvalue weighted by molar-refractivity contribution is 7.84. The summed E-state index contributed by atoms with van der Waals surface area (Å²) in [5, 5.41) is 18.5. The monoisotopic (exact) mass is 558 g/mol. The number of thiophene rings is 1. The number of anilines is 1. The van der Waals surface area contributed by atoms with Gasteiger partial charge in [-0.15, -0.1) is 11.3 Å². The molecule has 0 spiro atoms. The number of nitrogens with zero attached hydrogens (tertiary/aromatic N) is 2. The van der Waals surface area contributed by atoms with Gasteiger partial charge in [0.15, 0.2) is 0 Å². The van der Waals surface area contributed by atoms with Gasteiger partial charge in [0.1, 0.15) is 18.2 Å². The molecule has 0 bridgehead atoms. The number of aliphatic hydroxyl groups excluding tert-OH is 1. The Kier molecular flexibility index (Phi) is 7.63. The summed E-state index contributed by atoms with van der Waals surface area (Å²) in [4.78, 5) is 23.6. The van der Waals surface area contributed by atoms with Crippen LogP contribution in [-0.4, -0.2) is 54.6 Å². The Morgan fingerprint density at radius 3 is 2.87 bits per heavy atom. The van der Waals surface area contributed by atoms with Gasteiger partial charge in [0.2, 0.25) is 5.78 Å². The Morgan fingerprint density at radius 1 is 1.26 bits per heavy atom. The molecule has 0 unspecified atom stereocenters. The smallest absolute Gasteiger partial charge is 0.333 e. The van der Waals surface area contributed by atoms with Crippen molar-refractivity contribution >= 4 is 33.2 Å². The van der Waals surface area contributed by atoms with E-state index in [4.69, 9.17) is 9.88 Å². The minimum Gasteiger partial charge on any atom is -0.393 e. The first-order chi connectivity index (χ1) is 18.1. The molecule has 0 radical (unpaired) electrons. The standard InChI is InChI=1S/C26H30N4O6S2/c1-14-3-4-16-5-6-35-25(20(16)7-14)19-10-23(37-15(19)2)24(32)21-11-28-13-29-26(21)30-18-8-17(22(31)9-18)12-36-38(27,33)34/h3-4,7,10-11,13,17-18,22,25,31H,5-6,8-9,12H2,1-2H3,(H2,27,33,34)(H,28,29,30)/t17-,18-,22+,25+/m1/s1. The van der Waals surface area contributed by atoms with Crippen molar-refractivity contribution in [3.8, 4) is 0 Å². The van der Waals surface area contributed by atoms with Gasteiger partial charge in [-0.05, 0) is 55.9 Å². The second-order valence-corrected chi connectivity index (χ2v) is 12.3. The molecule has 5 rings (SSSR count). The first-order valence-corrected chi connectivity index (χ1v) is 14.7. The van der Waals surface area contributed by atoms with Crippen molar-refractivity contribution in [2.24, 2.45) is 11.1 Å². The number of nitrogens with one attached hydrogen (secondary N) is 1. The van der Waals surface area contributed by atoms with Gasteiger partial charge in [-0.1, -0.05) is 23.8 Å². The van der Waals surface area contributed by atoms with Gasteiger partial charge < -0.3 is 15.2 Å². The van der Waals surface area contributed by atoms with E-state index in [9.17, 15) is 18.3 Å². The summed E-state index contributed by atoms with van der Waals surface area (Å²) in [6.07, 6.45) is 3.46. The zero-order chi connectivity index (χ0) is 27.0. The number of aromatic nitrogens is 2. The Morgan fingerprint density at radius 2 is 2.08 bits per heavy atom. The lowest BCUT2D eigenvalue weighted by atomic mass is 9.91. The predicted molar refractivity (Wildman–Crippen MR) is 142 cm³/mol. The second-order valence-electron chi connectivity index (χ2n) is 9.86. The van der Waals surface area contributed by atoms with Crippen molar-refractivity contribution < 1.29 is 27.2 Å². The Balaban J connectivity index is 1.35. The highest BCUT2D eigenvalue weighted by atomic mass is 32.2. The number of fused-ring (bicyclic) bond motifs is 1. The van der Waals surface area contributed by atoms with Gasteiger partial charge in [0, 0.05) is 23.0 Å². The molecule has 0 saturated heterocycles. The van der Waals surface area contributed by atoms with Crippen molar-refractivity contribution in [1.82, 2.24) is 9.97 Å². The van der Waals surface area contributed by atoms with Gasteiger partial charge in [0.25, 0.3) is 0 Å². The number of carbonyl (C=O) groups excluding carboxylic acids is 1. The van der Waals surface area contributed by atoms with E-state index in [1.807, 2.05) is 13.0 Å². The van der Waals surface area contributed by atoms with Crippen LogP contribution in [0.2, 0.25) is 0 Å². The molecular weight excluding hydrogens is 528 g/mol. The molecule has 1 aliphatic carbocycles. The van der Waals surface area contributed by atoms with Crippen LogP contribution < -0.4 is 10.5 Å². The van der Waals surface area contributed by atoms with Crippen LogP contribution in [0, 0.1) is 19.8 Å². The van der Waals surface area contributed by atoms with Crippen molar-refractivity contribution in [2.75, 3.05) is 18.5 Å². The SMILES string of the molecule is Cc1ccc2c(c1)[C@H](c1cc(C(=O)c3cncnc3N[C@@H]3C[C@H](COS(N)(=O)=O)[C@@H](O)C3)sc1C)OCC2. The van der Waals surface area contributed by atoms with Crippen LogP contribution in [0.15, 0.2) is 36.8 Å². The zero-order valence-electron chi connectivity index (χ0n) is 21.1. The lowest BCUT2D eigenvalue weighted by Crippen LogP contribution is -2.24. The normalized spacial score (nSPS) is 23.3. The third-order valence-electron chi connectivity index (χ3n) is 7.10. The molecule has 1 fully saturated rings. The molecule has 12 heteroatoms. The molecule has 2 aromatic heterocycles. The third kappa shape index (κ3) is 5.80. The Hall–Kier alpha value is -2.74. The van der Waals surface area contributed by atoms with E-state index in [-0.39, 0.29) is 24.5 Å². The lowest BCUT2D eigenvalue weighted by molar-refractivity contribution is 0.0697. The van der Waals surface area contributed by atoms with Crippen LogP contribution in [0.1, 0.15) is 61.3 Å². The number of ether oxygens (including phenoxy) is 1. The third-order valence-corrected chi connectivity index (χ3v) is 8.63. The summed E-state index contributed by atoms with van der Waals surface area (Å²) < 4.78 is 33.1. The van der Waals surface area contributed by atoms with E-state index >= 15 is 0 Å². The van der Waals surface area contributed by atoms with Gasteiger partial charge in [-0.3, -0.25) is 8.98 Å². The van der Waals surface area contributed by atoms with E-state index < -0.39 is 22.3 Å². The summed E-state index contributed by atoms with van der Waals surface area (Å²) in [5.41, 5.74) is 4.87. The van der Waals surface area contributed by atoms with Crippen molar-refractivity contribution in [2.45, 2.75) is 51.4 Å². The van der Waals surface area contributed by atoms with Crippen LogP contribution in [-0.2, 0) is 25.6 Å². The van der Waals surface area contributed by atoms with E-state index in [1.54, 1.807) is 0 Å². The minimum atomic E-state index is -4.09. The van der Waals surface area contributed by atoms with E-state index in [1.165, 1.54) is 29.4 Å². The maximum absolute atomic E-state index is 13.6. The molecule has 38 heavy (non-hydrogen) atoms. The number of rotatable bonds is 8. The van der Waals surface area contributed by atoms with Crippen molar-refractivity contribution in [1.29, 1.82) is 0 Å². The maximum Gasteiger partial charge on any atom is 0.333 e. The van der Waals surface area contributed by atoms with E-state index in [0.29, 0.717) is 35.7 Å². The molecule has 1 aromatic carbocycles. The number of aliphatic hydroxyl groups is 1. The van der Waals surface area contributed by atoms with Gasteiger partial charge in [-0.2, -0.15) is 8.42 Å². The molecule has 1 aliphatic heterocycles. The van der Waals surface area contributed by atoms with Crippen LogP contribution in [0.3, 0.4) is 0 Å². The number of nitrogens with two attached hydrogens (primary N) is 1. The molecule has 10 nitrogen and oxygen atoms in total. The topological polar surface area (TPSA) is 154 Å². The molecule has 2 aliphatic rings. The fourth-order valence-corrected chi connectivity index (χ4v) is 6.57. The van der Waals surface area contributed by atoms with Crippen LogP contribution in [0.5, 0.6) is 0 Å². The van der Waals surface area contributed by atoms with Crippen LogP contribution in [0.4, 0.5) is 5.82 Å². The summed E-state index contributed by atoms with van der Waals surface area (Å²) in [6, 6.07) is 8.08. The van der Waals surface area contributed by atoms with Gasteiger partial charge >= 0.3 is 10.3 Å². The zero-order valence-corrected chi connectivity index (χ0v) is 22.7. The molecule has 4 N–H and O–H groups in total. The quantitative estimate of drug-likeness (QED) is 0.354. The number of benzene rings is 1. The van der Waals surface area contributed by atoms with E-state index in [2.05, 4.69) is 44.6 Å². The largest absolute Gasteiger partial charge is 0.393 e. The minimum absolute atomic E-state index is 0.208. The number of ketones is 1. The summed E-state index contributed by atoms with van der Waals surface area (Å²) in [6.45, 7) is 4.46. The highest BCUT2D eigenvalue weighted by Gasteiger charge is 2.35. The van der Waals surface area contributed by atoms with E-state index in [0.717, 1.165) is 28.0 Å². The first kappa shape index (κ1) is 26.9. The predicted octanol–water partition coefficient (Wildman–Crippen LogP) is 2.82. The number of carbonyl (C=O) groups is 1. The highest BCUT2D eigenvalue weighted by Crippen LogP contribution is 2.39. The molecule has 4 atom stereocenters. The van der Waals surface area contributed by atoms with Crippen molar-refractivity contribution in [3.05, 3.63) is 74.4 Å². The average Bonchev–Trinajstić information content (AvgIpc) is 3.43. The van der Waals surface area contributed by atoms with Crippen LogP contribution >= 0.6 is 11.3 Å².